The molecule has 0 aliphatic carbocycles. The molecule has 0 radical (unpaired) electrons. The van der Waals surface area contributed by atoms with Crippen LogP contribution in [0, 0.1) is 0 Å². The van der Waals surface area contributed by atoms with Crippen molar-refractivity contribution in [3.63, 3.8) is 0 Å². The van der Waals surface area contributed by atoms with E-state index in [0.717, 1.165) is 26.1 Å². The van der Waals surface area contributed by atoms with Crippen LogP contribution in [0.2, 0.25) is 0 Å². The summed E-state index contributed by atoms with van der Waals surface area (Å²) in [6.07, 6.45) is 1.09. The zero-order valence-corrected chi connectivity index (χ0v) is 12.5. The molecule has 0 amide bonds. The molecule has 4 heteroatoms. The molecule has 0 saturated carbocycles. The van der Waals surface area contributed by atoms with Gasteiger partial charge in [-0.15, -0.1) is 0 Å². The average Bonchev–Trinajstić information content (AvgIpc) is 2.78. The summed E-state index contributed by atoms with van der Waals surface area (Å²) in [5.41, 5.74) is 1.34. The van der Waals surface area contributed by atoms with E-state index in [4.69, 9.17) is 9.47 Å². The molecule has 0 saturated heterocycles. The van der Waals surface area contributed by atoms with Gasteiger partial charge in [0.05, 0.1) is 25.4 Å². The Balaban J connectivity index is 1.82. The van der Waals surface area contributed by atoms with E-state index in [1.807, 2.05) is 0 Å². The topological polar surface area (TPSA) is 30.5 Å². The van der Waals surface area contributed by atoms with Gasteiger partial charge in [-0.2, -0.15) is 11.3 Å². The minimum atomic E-state index is -0.0673. The number of rotatable bonds is 9. The number of thiophene rings is 1. The van der Waals surface area contributed by atoms with Crippen LogP contribution in [-0.4, -0.2) is 38.5 Å². The minimum Gasteiger partial charge on any atom is -0.378 e. The van der Waals surface area contributed by atoms with E-state index < -0.39 is 0 Å². The lowest BCUT2D eigenvalue weighted by molar-refractivity contribution is -0.0343. The first-order valence-corrected chi connectivity index (χ1v) is 7.46. The van der Waals surface area contributed by atoms with Gasteiger partial charge in [0.15, 0.2) is 0 Å². The maximum Gasteiger partial charge on any atom is 0.0707 e. The summed E-state index contributed by atoms with van der Waals surface area (Å²) in [5, 5.41) is 7.68. The van der Waals surface area contributed by atoms with Gasteiger partial charge in [0.2, 0.25) is 0 Å². The Kier molecular flexibility index (Phi) is 7.51. The first kappa shape index (κ1) is 15.6. The first-order chi connectivity index (χ1) is 8.58. The normalized spacial score (nSPS) is 11.9. The van der Waals surface area contributed by atoms with Crippen molar-refractivity contribution in [3.8, 4) is 0 Å². The fraction of sp³-hybridized carbons (Fsp3) is 0.714. The van der Waals surface area contributed by atoms with Crippen molar-refractivity contribution < 1.29 is 9.47 Å². The number of ether oxygens (including phenoxy) is 2. The van der Waals surface area contributed by atoms with E-state index in [2.05, 4.69) is 42.9 Å². The Bertz CT molecular complexity index is 293. The van der Waals surface area contributed by atoms with E-state index in [1.54, 1.807) is 11.3 Å². The van der Waals surface area contributed by atoms with Crippen LogP contribution in [0.3, 0.4) is 0 Å². The molecule has 1 heterocycles. The molecule has 0 aliphatic heterocycles. The third kappa shape index (κ3) is 8.64. The van der Waals surface area contributed by atoms with E-state index in [0.29, 0.717) is 13.2 Å². The van der Waals surface area contributed by atoms with E-state index >= 15 is 0 Å². The summed E-state index contributed by atoms with van der Waals surface area (Å²) in [5.74, 6) is 0. The molecule has 1 aromatic heterocycles. The SMILES string of the molecule is CC(C)(C)OCCOCCNCCc1ccsc1. The van der Waals surface area contributed by atoms with Gasteiger partial charge < -0.3 is 14.8 Å². The molecular formula is C14H25NO2S. The monoisotopic (exact) mass is 271 g/mol. The van der Waals surface area contributed by atoms with E-state index in [-0.39, 0.29) is 5.60 Å². The second-order valence-electron chi connectivity index (χ2n) is 5.20. The summed E-state index contributed by atoms with van der Waals surface area (Å²) in [7, 11) is 0. The fourth-order valence-electron chi connectivity index (χ4n) is 1.45. The molecule has 0 unspecified atom stereocenters. The molecule has 1 aromatic rings. The van der Waals surface area contributed by atoms with Crippen molar-refractivity contribution in [1.82, 2.24) is 5.32 Å². The van der Waals surface area contributed by atoms with Crippen LogP contribution in [0.25, 0.3) is 0 Å². The van der Waals surface area contributed by atoms with Crippen molar-refractivity contribution in [1.29, 1.82) is 0 Å². The molecule has 0 aliphatic rings. The van der Waals surface area contributed by atoms with E-state index in [9.17, 15) is 0 Å². The van der Waals surface area contributed by atoms with Crippen molar-refractivity contribution in [2.45, 2.75) is 32.8 Å². The largest absolute Gasteiger partial charge is 0.378 e. The third-order valence-electron chi connectivity index (χ3n) is 2.36. The predicted molar refractivity (Wildman–Crippen MR) is 77.4 cm³/mol. The molecular weight excluding hydrogens is 246 g/mol. The molecule has 0 atom stereocenters. The number of hydrogen-bond acceptors (Lipinski definition) is 4. The maximum absolute atomic E-state index is 5.56. The van der Waals surface area contributed by atoms with Crippen molar-refractivity contribution in [3.05, 3.63) is 22.4 Å². The second kappa shape index (κ2) is 8.64. The molecule has 18 heavy (non-hydrogen) atoms. The van der Waals surface area contributed by atoms with Crippen LogP contribution >= 0.6 is 11.3 Å². The quantitative estimate of drug-likeness (QED) is 0.701. The first-order valence-electron chi connectivity index (χ1n) is 6.51. The molecule has 0 fully saturated rings. The number of hydrogen-bond donors (Lipinski definition) is 1. The van der Waals surface area contributed by atoms with Gasteiger partial charge in [-0.05, 0) is 56.1 Å². The molecule has 1 rings (SSSR count). The summed E-state index contributed by atoms with van der Waals surface area (Å²) in [6.45, 7) is 10.2. The van der Waals surface area contributed by atoms with Crippen LogP contribution in [0.4, 0.5) is 0 Å². The van der Waals surface area contributed by atoms with Gasteiger partial charge in [0.1, 0.15) is 0 Å². The van der Waals surface area contributed by atoms with Crippen molar-refractivity contribution in [2.24, 2.45) is 0 Å². The highest BCUT2D eigenvalue weighted by molar-refractivity contribution is 7.07. The molecule has 3 nitrogen and oxygen atoms in total. The highest BCUT2D eigenvalue weighted by Crippen LogP contribution is 2.06. The van der Waals surface area contributed by atoms with Gasteiger partial charge in [0.25, 0.3) is 0 Å². The highest BCUT2D eigenvalue weighted by atomic mass is 32.1. The average molecular weight is 271 g/mol. The number of nitrogens with one attached hydrogen (secondary N) is 1. The smallest absolute Gasteiger partial charge is 0.0707 e. The highest BCUT2D eigenvalue weighted by Gasteiger charge is 2.08. The van der Waals surface area contributed by atoms with Crippen LogP contribution in [0.5, 0.6) is 0 Å². The van der Waals surface area contributed by atoms with Crippen LogP contribution < -0.4 is 5.32 Å². The second-order valence-corrected chi connectivity index (χ2v) is 5.98. The van der Waals surface area contributed by atoms with Gasteiger partial charge in [-0.3, -0.25) is 0 Å². The van der Waals surface area contributed by atoms with Crippen LogP contribution in [0.15, 0.2) is 16.8 Å². The van der Waals surface area contributed by atoms with Gasteiger partial charge in [-0.25, -0.2) is 0 Å². The van der Waals surface area contributed by atoms with Crippen molar-refractivity contribution >= 4 is 11.3 Å². The van der Waals surface area contributed by atoms with Crippen molar-refractivity contribution in [2.75, 3.05) is 32.9 Å². The molecule has 0 spiro atoms. The van der Waals surface area contributed by atoms with Crippen LogP contribution in [0.1, 0.15) is 26.3 Å². The summed E-state index contributed by atoms with van der Waals surface area (Å²) in [4.78, 5) is 0. The zero-order valence-electron chi connectivity index (χ0n) is 11.7. The maximum atomic E-state index is 5.56. The third-order valence-corrected chi connectivity index (χ3v) is 3.09. The van der Waals surface area contributed by atoms with Gasteiger partial charge >= 0.3 is 0 Å². The van der Waals surface area contributed by atoms with Gasteiger partial charge in [0, 0.05) is 6.54 Å². The zero-order chi connectivity index (χ0) is 13.3. The van der Waals surface area contributed by atoms with Gasteiger partial charge in [-0.1, -0.05) is 0 Å². The van der Waals surface area contributed by atoms with E-state index in [1.165, 1.54) is 5.56 Å². The lowest BCUT2D eigenvalue weighted by Gasteiger charge is -2.19. The Hall–Kier alpha value is -0.420. The molecule has 104 valence electrons. The lowest BCUT2D eigenvalue weighted by atomic mass is 10.2. The summed E-state index contributed by atoms with van der Waals surface area (Å²) < 4.78 is 11.0. The Labute approximate surface area is 114 Å². The molecule has 1 N–H and O–H groups in total. The minimum absolute atomic E-state index is 0.0673. The fourth-order valence-corrected chi connectivity index (χ4v) is 2.15. The Morgan fingerprint density at radius 3 is 2.67 bits per heavy atom. The Morgan fingerprint density at radius 1 is 1.17 bits per heavy atom. The Morgan fingerprint density at radius 2 is 2.00 bits per heavy atom. The lowest BCUT2D eigenvalue weighted by Crippen LogP contribution is -2.25. The van der Waals surface area contributed by atoms with Crippen LogP contribution in [-0.2, 0) is 15.9 Å². The summed E-state index contributed by atoms with van der Waals surface area (Å²) in [6, 6.07) is 2.17. The molecule has 0 aromatic carbocycles. The summed E-state index contributed by atoms with van der Waals surface area (Å²) >= 11 is 1.75. The predicted octanol–water partition coefficient (Wildman–Crippen LogP) is 2.71. The standard InChI is InChI=1S/C14H25NO2S/c1-14(2,3)17-10-9-16-8-7-15-6-4-13-5-11-18-12-13/h5,11-12,15H,4,6-10H2,1-3H3. The molecule has 0 bridgehead atoms.